The van der Waals surface area contributed by atoms with Gasteiger partial charge in [-0.2, -0.15) is 0 Å². The lowest BCUT2D eigenvalue weighted by Gasteiger charge is -2.33. The Morgan fingerprint density at radius 1 is 0.964 bits per heavy atom. The second-order valence-electron chi connectivity index (χ2n) is 7.03. The number of urea groups is 1. The molecule has 0 spiro atoms. The Hall–Kier alpha value is -2.90. The van der Waals surface area contributed by atoms with Crippen molar-refractivity contribution in [3.63, 3.8) is 0 Å². The summed E-state index contributed by atoms with van der Waals surface area (Å²) in [7, 11) is 0. The molecule has 7 heteroatoms. The molecule has 0 radical (unpaired) electrons. The van der Waals surface area contributed by atoms with E-state index in [0.29, 0.717) is 31.7 Å². The van der Waals surface area contributed by atoms with E-state index in [2.05, 4.69) is 16.0 Å². The fourth-order valence-corrected chi connectivity index (χ4v) is 3.06. The van der Waals surface area contributed by atoms with Crippen LogP contribution in [-0.4, -0.2) is 30.7 Å². The van der Waals surface area contributed by atoms with E-state index >= 15 is 0 Å². The summed E-state index contributed by atoms with van der Waals surface area (Å²) in [5, 5.41) is 8.53. The molecule has 7 nitrogen and oxygen atoms in total. The molecule has 1 aliphatic heterocycles. The number of anilines is 2. The van der Waals surface area contributed by atoms with Gasteiger partial charge in [-0.05, 0) is 49.6 Å². The van der Waals surface area contributed by atoms with Gasteiger partial charge in [-0.25, -0.2) is 4.79 Å². The zero-order chi connectivity index (χ0) is 20.0. The van der Waals surface area contributed by atoms with E-state index in [1.54, 1.807) is 12.1 Å². The second kappa shape index (κ2) is 8.86. The Morgan fingerprint density at radius 3 is 2.14 bits per heavy atom. The first-order valence-corrected chi connectivity index (χ1v) is 9.37. The van der Waals surface area contributed by atoms with Crippen molar-refractivity contribution in [2.24, 2.45) is 5.73 Å². The van der Waals surface area contributed by atoms with Crippen molar-refractivity contribution in [1.29, 1.82) is 0 Å². The van der Waals surface area contributed by atoms with Crippen molar-refractivity contribution < 1.29 is 14.3 Å². The fraction of sp³-hybridized carbons (Fsp3) is 0.333. The molecule has 2 aromatic carbocycles. The molecule has 28 heavy (non-hydrogen) atoms. The van der Waals surface area contributed by atoms with Crippen LogP contribution in [0.3, 0.4) is 0 Å². The van der Waals surface area contributed by atoms with Crippen LogP contribution in [0.4, 0.5) is 16.2 Å². The minimum absolute atomic E-state index is 0.159. The van der Waals surface area contributed by atoms with Crippen molar-refractivity contribution in [3.05, 3.63) is 60.2 Å². The summed E-state index contributed by atoms with van der Waals surface area (Å²) >= 11 is 0. The summed E-state index contributed by atoms with van der Waals surface area (Å²) in [4.78, 5) is 24.6. The first kappa shape index (κ1) is 19.9. The predicted octanol–water partition coefficient (Wildman–Crippen LogP) is 3.02. The lowest BCUT2D eigenvalue weighted by atomic mass is 9.90. The predicted molar refractivity (Wildman–Crippen MR) is 109 cm³/mol. The van der Waals surface area contributed by atoms with Gasteiger partial charge in [0.15, 0.2) is 0 Å². The molecule has 1 fully saturated rings. The van der Waals surface area contributed by atoms with E-state index in [1.807, 2.05) is 49.4 Å². The van der Waals surface area contributed by atoms with E-state index in [1.165, 1.54) is 0 Å². The van der Waals surface area contributed by atoms with Crippen molar-refractivity contribution in [3.8, 4) is 0 Å². The highest BCUT2D eigenvalue weighted by atomic mass is 16.5. The SMILES string of the molecule is CC(NC(=O)C1(N)CCOCC1)c1ccc(NC(=O)Nc2ccccc2)cc1. The molecule has 0 aromatic heterocycles. The van der Waals surface area contributed by atoms with Crippen LogP contribution in [0.2, 0.25) is 0 Å². The number of para-hydroxylation sites is 1. The molecule has 1 heterocycles. The Labute approximate surface area is 164 Å². The molecule has 0 bridgehead atoms. The van der Waals surface area contributed by atoms with Gasteiger partial charge >= 0.3 is 6.03 Å². The maximum atomic E-state index is 12.5. The fourth-order valence-electron chi connectivity index (χ4n) is 3.06. The van der Waals surface area contributed by atoms with Crippen molar-refractivity contribution in [2.45, 2.75) is 31.3 Å². The molecule has 3 rings (SSSR count). The molecule has 0 saturated carbocycles. The lowest BCUT2D eigenvalue weighted by Crippen LogP contribution is -2.57. The highest BCUT2D eigenvalue weighted by Crippen LogP contribution is 2.21. The van der Waals surface area contributed by atoms with E-state index in [0.717, 1.165) is 11.3 Å². The third-order valence-corrected chi connectivity index (χ3v) is 4.89. The average Bonchev–Trinajstić information content (AvgIpc) is 2.69. The second-order valence-corrected chi connectivity index (χ2v) is 7.03. The molecular weight excluding hydrogens is 356 g/mol. The number of benzene rings is 2. The Kier molecular flexibility index (Phi) is 6.28. The molecule has 1 saturated heterocycles. The largest absolute Gasteiger partial charge is 0.381 e. The summed E-state index contributed by atoms with van der Waals surface area (Å²) in [5.74, 6) is -0.159. The molecule has 2 aromatic rings. The molecule has 5 N–H and O–H groups in total. The topological polar surface area (TPSA) is 105 Å². The lowest BCUT2D eigenvalue weighted by molar-refractivity contribution is -0.130. The molecule has 1 aliphatic rings. The summed E-state index contributed by atoms with van der Waals surface area (Å²) in [6.07, 6.45) is 1.04. The van der Waals surface area contributed by atoms with Gasteiger partial charge in [0.2, 0.25) is 5.91 Å². The van der Waals surface area contributed by atoms with Crippen LogP contribution in [0.15, 0.2) is 54.6 Å². The van der Waals surface area contributed by atoms with Crippen molar-refractivity contribution in [2.75, 3.05) is 23.8 Å². The van der Waals surface area contributed by atoms with E-state index < -0.39 is 5.54 Å². The van der Waals surface area contributed by atoms with Crippen molar-refractivity contribution in [1.82, 2.24) is 5.32 Å². The normalized spacial score (nSPS) is 16.6. The number of carbonyl (C=O) groups excluding carboxylic acids is 2. The number of ether oxygens (including phenoxy) is 1. The van der Waals surface area contributed by atoms with Crippen molar-refractivity contribution >= 4 is 23.3 Å². The average molecular weight is 382 g/mol. The molecule has 1 atom stereocenters. The van der Waals surface area contributed by atoms with Crippen LogP contribution in [0, 0.1) is 0 Å². The summed E-state index contributed by atoms with van der Waals surface area (Å²) in [6, 6.07) is 16.1. The number of amides is 3. The van der Waals surface area contributed by atoms with Gasteiger partial charge in [0, 0.05) is 24.6 Å². The highest BCUT2D eigenvalue weighted by molar-refractivity contribution is 5.99. The van der Waals surface area contributed by atoms with Gasteiger partial charge in [0.05, 0.1) is 11.6 Å². The van der Waals surface area contributed by atoms with E-state index in [9.17, 15) is 9.59 Å². The van der Waals surface area contributed by atoms with Crippen LogP contribution in [0.1, 0.15) is 31.4 Å². The van der Waals surface area contributed by atoms with E-state index in [-0.39, 0.29) is 18.0 Å². The number of rotatable bonds is 5. The molecular formula is C21H26N4O3. The molecule has 0 aliphatic carbocycles. The minimum atomic E-state index is -0.871. The number of hydrogen-bond acceptors (Lipinski definition) is 4. The highest BCUT2D eigenvalue weighted by Gasteiger charge is 2.36. The Morgan fingerprint density at radius 2 is 1.54 bits per heavy atom. The minimum Gasteiger partial charge on any atom is -0.381 e. The third kappa shape index (κ3) is 5.09. The number of nitrogens with one attached hydrogen (secondary N) is 3. The summed E-state index contributed by atoms with van der Waals surface area (Å²) in [6.45, 7) is 2.92. The zero-order valence-electron chi connectivity index (χ0n) is 15.9. The van der Waals surface area contributed by atoms with Gasteiger partial charge in [0.1, 0.15) is 0 Å². The summed E-state index contributed by atoms with van der Waals surface area (Å²) < 4.78 is 5.29. The monoisotopic (exact) mass is 382 g/mol. The standard InChI is InChI=1S/C21H26N4O3/c1-15(23-19(26)21(22)11-13-28-14-12-21)16-7-9-18(10-8-16)25-20(27)24-17-5-3-2-4-6-17/h2-10,15H,11-14,22H2,1H3,(H,23,26)(H2,24,25,27). The first-order valence-electron chi connectivity index (χ1n) is 9.37. The van der Waals surface area contributed by atoms with Gasteiger partial charge in [-0.3, -0.25) is 4.79 Å². The number of carbonyl (C=O) groups is 2. The van der Waals surface area contributed by atoms with Gasteiger partial charge < -0.3 is 26.4 Å². The smallest absolute Gasteiger partial charge is 0.323 e. The summed E-state index contributed by atoms with van der Waals surface area (Å²) in [5.41, 5.74) is 7.66. The Bertz CT molecular complexity index is 802. The maximum absolute atomic E-state index is 12.5. The van der Waals surface area contributed by atoms with Gasteiger partial charge in [-0.15, -0.1) is 0 Å². The first-order chi connectivity index (χ1) is 13.5. The van der Waals surface area contributed by atoms with E-state index in [4.69, 9.17) is 10.5 Å². The van der Waals surface area contributed by atoms with Crippen LogP contribution in [0.5, 0.6) is 0 Å². The van der Waals surface area contributed by atoms with Crippen LogP contribution < -0.4 is 21.7 Å². The molecule has 1 unspecified atom stereocenters. The van der Waals surface area contributed by atoms with Gasteiger partial charge in [-0.1, -0.05) is 30.3 Å². The van der Waals surface area contributed by atoms with Crippen LogP contribution >= 0.6 is 0 Å². The van der Waals surface area contributed by atoms with Gasteiger partial charge in [0.25, 0.3) is 0 Å². The molecule has 148 valence electrons. The third-order valence-electron chi connectivity index (χ3n) is 4.89. The zero-order valence-corrected chi connectivity index (χ0v) is 15.9. The number of hydrogen-bond donors (Lipinski definition) is 4. The number of nitrogens with two attached hydrogens (primary N) is 1. The Balaban J connectivity index is 1.54. The van der Waals surface area contributed by atoms with Crippen LogP contribution in [-0.2, 0) is 9.53 Å². The molecule has 3 amide bonds. The quantitative estimate of drug-likeness (QED) is 0.638. The van der Waals surface area contributed by atoms with Crippen LogP contribution in [0.25, 0.3) is 0 Å². The maximum Gasteiger partial charge on any atom is 0.323 e.